The summed E-state index contributed by atoms with van der Waals surface area (Å²) in [6.45, 7) is 0. The monoisotopic (exact) mass is 292 g/mol. The number of anilines is 1. The van der Waals surface area contributed by atoms with Crippen LogP contribution in [0.1, 0.15) is 0 Å². The number of benzene rings is 2. The van der Waals surface area contributed by atoms with Crippen LogP contribution in [0.15, 0.2) is 58.4 Å². The van der Waals surface area contributed by atoms with Gasteiger partial charge in [0.2, 0.25) is 6.08 Å². The van der Waals surface area contributed by atoms with Crippen LogP contribution in [-0.2, 0) is 14.8 Å². The normalized spacial score (nSPS) is 10.7. The van der Waals surface area contributed by atoms with Crippen molar-refractivity contribution < 1.29 is 17.6 Å². The summed E-state index contributed by atoms with van der Waals surface area (Å²) in [6, 6.07) is 10.7. The van der Waals surface area contributed by atoms with E-state index in [0.29, 0.717) is 0 Å². The van der Waals surface area contributed by atoms with E-state index in [1.54, 1.807) is 0 Å². The zero-order chi connectivity index (χ0) is 14.6. The summed E-state index contributed by atoms with van der Waals surface area (Å²) in [5, 5.41) is 0. The minimum atomic E-state index is -3.90. The van der Waals surface area contributed by atoms with Crippen molar-refractivity contribution in [2.45, 2.75) is 4.90 Å². The van der Waals surface area contributed by atoms with E-state index in [4.69, 9.17) is 0 Å². The molecule has 0 spiro atoms. The second-order valence-corrected chi connectivity index (χ2v) is 5.46. The molecule has 0 saturated heterocycles. The Balaban J connectivity index is 2.31. The van der Waals surface area contributed by atoms with Gasteiger partial charge in [-0.3, -0.25) is 4.72 Å². The molecule has 0 heterocycles. The minimum absolute atomic E-state index is 0.0643. The molecule has 20 heavy (non-hydrogen) atoms. The molecule has 0 aliphatic heterocycles. The number of rotatable bonds is 4. The van der Waals surface area contributed by atoms with Crippen molar-refractivity contribution in [3.63, 3.8) is 0 Å². The fourth-order valence-electron chi connectivity index (χ4n) is 1.50. The van der Waals surface area contributed by atoms with Gasteiger partial charge in [-0.15, -0.1) is 0 Å². The molecule has 0 unspecified atom stereocenters. The van der Waals surface area contributed by atoms with Crippen LogP contribution in [0.4, 0.5) is 15.8 Å². The lowest BCUT2D eigenvalue weighted by Gasteiger charge is -2.08. The molecule has 2 aromatic carbocycles. The fraction of sp³-hybridized carbons (Fsp3) is 0. The number of aliphatic imine (C=N–C) groups is 1. The Labute approximate surface area is 114 Å². The molecule has 1 N–H and O–H groups in total. The summed E-state index contributed by atoms with van der Waals surface area (Å²) in [7, 11) is -3.90. The maximum absolute atomic E-state index is 13.4. The quantitative estimate of drug-likeness (QED) is 0.695. The van der Waals surface area contributed by atoms with Gasteiger partial charge in [-0.25, -0.2) is 17.6 Å². The molecular formula is C13H9FN2O3S. The van der Waals surface area contributed by atoms with Crippen LogP contribution in [0, 0.1) is 5.82 Å². The molecule has 0 aliphatic carbocycles. The number of hydrogen-bond acceptors (Lipinski definition) is 4. The molecular weight excluding hydrogens is 283 g/mol. The van der Waals surface area contributed by atoms with Gasteiger partial charge in [0.15, 0.2) is 0 Å². The van der Waals surface area contributed by atoms with Crippen LogP contribution in [0.2, 0.25) is 0 Å². The predicted molar refractivity (Wildman–Crippen MR) is 71.4 cm³/mol. The predicted octanol–water partition coefficient (Wildman–Crippen LogP) is 2.59. The Morgan fingerprint density at radius 2 is 1.70 bits per heavy atom. The second-order valence-electron chi connectivity index (χ2n) is 3.78. The topological polar surface area (TPSA) is 75.6 Å². The molecule has 102 valence electrons. The summed E-state index contributed by atoms with van der Waals surface area (Å²) in [4.78, 5) is 13.4. The summed E-state index contributed by atoms with van der Waals surface area (Å²) in [5.41, 5.74) is 0.146. The maximum atomic E-state index is 13.4. The third kappa shape index (κ3) is 3.09. The summed E-state index contributed by atoms with van der Waals surface area (Å²) in [6.07, 6.45) is 1.35. The average molecular weight is 292 g/mol. The van der Waals surface area contributed by atoms with E-state index in [-0.39, 0.29) is 16.3 Å². The van der Waals surface area contributed by atoms with Crippen molar-refractivity contribution in [3.05, 3.63) is 54.3 Å². The van der Waals surface area contributed by atoms with Crippen LogP contribution in [-0.4, -0.2) is 14.5 Å². The van der Waals surface area contributed by atoms with Crippen molar-refractivity contribution in [1.29, 1.82) is 0 Å². The lowest BCUT2D eigenvalue weighted by molar-refractivity contribution is 0.565. The first-order chi connectivity index (χ1) is 9.53. The first kappa shape index (κ1) is 13.9. The van der Waals surface area contributed by atoms with Gasteiger partial charge in [0.1, 0.15) is 5.82 Å². The molecule has 0 radical (unpaired) electrons. The summed E-state index contributed by atoms with van der Waals surface area (Å²) < 4.78 is 39.6. The van der Waals surface area contributed by atoms with Crippen LogP contribution >= 0.6 is 0 Å². The van der Waals surface area contributed by atoms with Gasteiger partial charge in [0.05, 0.1) is 16.3 Å². The van der Waals surface area contributed by atoms with Gasteiger partial charge in [0.25, 0.3) is 10.0 Å². The molecule has 0 saturated carbocycles. The number of nitrogens with zero attached hydrogens (tertiary/aromatic N) is 1. The van der Waals surface area contributed by atoms with Gasteiger partial charge in [-0.1, -0.05) is 12.1 Å². The van der Waals surface area contributed by atoms with E-state index in [2.05, 4.69) is 9.71 Å². The second kappa shape index (κ2) is 5.64. The molecule has 5 nitrogen and oxygen atoms in total. The number of carbonyl (C=O) groups excluding carboxylic acids is 1. The highest BCUT2D eigenvalue weighted by Gasteiger charge is 2.15. The van der Waals surface area contributed by atoms with Gasteiger partial charge in [-0.2, -0.15) is 4.99 Å². The Morgan fingerprint density at radius 1 is 1.05 bits per heavy atom. The smallest absolute Gasteiger partial charge is 0.261 e. The van der Waals surface area contributed by atoms with Gasteiger partial charge >= 0.3 is 0 Å². The van der Waals surface area contributed by atoms with Gasteiger partial charge in [-0.05, 0) is 36.4 Å². The lowest BCUT2D eigenvalue weighted by atomic mass is 10.3. The zero-order valence-corrected chi connectivity index (χ0v) is 10.9. The number of para-hydroxylation sites is 1. The molecule has 2 aromatic rings. The number of nitrogens with one attached hydrogen (secondary N) is 1. The molecule has 0 bridgehead atoms. The van der Waals surface area contributed by atoms with E-state index in [0.717, 1.165) is 6.07 Å². The number of hydrogen-bond donors (Lipinski definition) is 1. The highest BCUT2D eigenvalue weighted by molar-refractivity contribution is 7.92. The van der Waals surface area contributed by atoms with Crippen molar-refractivity contribution in [2.75, 3.05) is 4.72 Å². The molecule has 7 heteroatoms. The molecule has 0 aliphatic rings. The Morgan fingerprint density at radius 3 is 2.30 bits per heavy atom. The largest absolute Gasteiger partial charge is 0.277 e. The van der Waals surface area contributed by atoms with E-state index in [9.17, 15) is 17.6 Å². The van der Waals surface area contributed by atoms with E-state index in [1.165, 1.54) is 48.5 Å². The summed E-state index contributed by atoms with van der Waals surface area (Å²) >= 11 is 0. The van der Waals surface area contributed by atoms with Crippen molar-refractivity contribution >= 4 is 27.5 Å². The Kier molecular flexibility index (Phi) is 3.93. The zero-order valence-electron chi connectivity index (χ0n) is 10.1. The fourth-order valence-corrected chi connectivity index (χ4v) is 2.57. The number of halogens is 1. The van der Waals surface area contributed by atoms with E-state index >= 15 is 0 Å². The van der Waals surface area contributed by atoms with Crippen LogP contribution < -0.4 is 4.72 Å². The third-order valence-electron chi connectivity index (χ3n) is 2.44. The van der Waals surface area contributed by atoms with Crippen LogP contribution in [0.5, 0.6) is 0 Å². The lowest BCUT2D eigenvalue weighted by Crippen LogP contribution is -2.13. The highest BCUT2D eigenvalue weighted by atomic mass is 32.2. The van der Waals surface area contributed by atoms with Gasteiger partial charge in [0, 0.05) is 0 Å². The van der Waals surface area contributed by atoms with E-state index < -0.39 is 15.8 Å². The van der Waals surface area contributed by atoms with Crippen molar-refractivity contribution in [1.82, 2.24) is 0 Å². The molecule has 2 rings (SSSR count). The van der Waals surface area contributed by atoms with Crippen LogP contribution in [0.3, 0.4) is 0 Å². The molecule has 0 aromatic heterocycles. The van der Waals surface area contributed by atoms with Crippen LogP contribution in [0.25, 0.3) is 0 Å². The molecule has 0 amide bonds. The molecule has 0 fully saturated rings. The first-order valence-electron chi connectivity index (χ1n) is 5.48. The average Bonchev–Trinajstić information content (AvgIpc) is 2.42. The minimum Gasteiger partial charge on any atom is -0.277 e. The third-order valence-corrected chi connectivity index (χ3v) is 3.82. The SMILES string of the molecule is O=C=Nc1ccc(S(=O)(=O)Nc2ccccc2F)cc1. The van der Waals surface area contributed by atoms with Crippen molar-refractivity contribution in [3.8, 4) is 0 Å². The van der Waals surface area contributed by atoms with E-state index in [1.807, 2.05) is 0 Å². The van der Waals surface area contributed by atoms with Crippen molar-refractivity contribution in [2.24, 2.45) is 4.99 Å². The standard InChI is InChI=1S/C13H9FN2O3S/c14-12-3-1-2-4-13(12)16-20(18,19)11-7-5-10(6-8-11)15-9-17/h1-8,16H. The molecule has 0 atom stereocenters. The Hall–Kier alpha value is -2.50. The Bertz CT molecular complexity index is 766. The summed E-state index contributed by atoms with van der Waals surface area (Å²) in [5.74, 6) is -0.668. The number of isocyanates is 1. The highest BCUT2D eigenvalue weighted by Crippen LogP contribution is 2.20. The first-order valence-corrected chi connectivity index (χ1v) is 6.96. The maximum Gasteiger partial charge on any atom is 0.261 e. The van der Waals surface area contributed by atoms with Gasteiger partial charge < -0.3 is 0 Å². The number of sulfonamides is 1.